The van der Waals surface area contributed by atoms with Gasteiger partial charge in [0.05, 0.1) is 28.6 Å². The van der Waals surface area contributed by atoms with E-state index in [2.05, 4.69) is 4.99 Å². The summed E-state index contributed by atoms with van der Waals surface area (Å²) in [6.45, 7) is 3.30. The first-order valence-corrected chi connectivity index (χ1v) is 11.8. The van der Waals surface area contributed by atoms with Crippen molar-refractivity contribution in [3.63, 3.8) is 0 Å². The van der Waals surface area contributed by atoms with E-state index in [4.69, 9.17) is 18.9 Å². The number of ether oxygens (including phenoxy) is 4. The van der Waals surface area contributed by atoms with Crippen molar-refractivity contribution in [3.05, 3.63) is 64.7 Å². The molecule has 3 aromatic rings. The van der Waals surface area contributed by atoms with Crippen LogP contribution < -0.4 is 10.6 Å². The van der Waals surface area contributed by atoms with Crippen LogP contribution in [0.3, 0.4) is 0 Å². The Morgan fingerprint density at radius 3 is 2.26 bits per heavy atom. The van der Waals surface area contributed by atoms with Crippen LogP contribution in [0.5, 0.6) is 5.88 Å². The fourth-order valence-corrected chi connectivity index (χ4v) is 5.00. The summed E-state index contributed by atoms with van der Waals surface area (Å²) in [5.41, 5.74) is 0.900. The van der Waals surface area contributed by atoms with Crippen molar-refractivity contribution in [2.24, 2.45) is 4.99 Å². The third-order valence-electron chi connectivity index (χ3n) is 6.32. The maximum atomic E-state index is 13.0. The maximum Gasteiger partial charge on any atom is 0.303 e. The Bertz CT molecular complexity index is 1610. The molecule has 2 aliphatic rings. The number of aromatic hydroxyl groups is 1. The number of hydrogen-bond acceptors (Lipinski definition) is 9. The lowest BCUT2D eigenvalue weighted by atomic mass is 10.0. The first-order valence-electron chi connectivity index (χ1n) is 11.8. The molecule has 0 aliphatic carbocycles. The molecule has 1 N–H and O–H groups in total. The number of esters is 3. The van der Waals surface area contributed by atoms with Crippen LogP contribution in [0.4, 0.5) is 0 Å². The summed E-state index contributed by atoms with van der Waals surface area (Å²) < 4.78 is 23.7. The van der Waals surface area contributed by atoms with Gasteiger partial charge in [-0.15, -0.1) is 0 Å². The van der Waals surface area contributed by atoms with Gasteiger partial charge in [0, 0.05) is 31.4 Å². The Morgan fingerprint density at radius 1 is 0.921 bits per heavy atom. The van der Waals surface area contributed by atoms with Crippen LogP contribution in [0.2, 0.25) is 0 Å². The molecule has 5 rings (SSSR count). The fraction of sp³-hybridized carbons (Fsp3) is 0.296. The number of hydrogen-bond donors (Lipinski definition) is 1. The molecule has 0 saturated carbocycles. The highest BCUT2D eigenvalue weighted by molar-refractivity contribution is 6.25. The molecule has 0 spiro atoms. The van der Waals surface area contributed by atoms with Crippen LogP contribution in [0.1, 0.15) is 32.6 Å². The third kappa shape index (κ3) is 4.30. The highest BCUT2D eigenvalue weighted by Crippen LogP contribution is 2.42. The van der Waals surface area contributed by atoms with Crippen LogP contribution >= 0.6 is 0 Å². The number of carbonyl (C=O) groups excluding carboxylic acids is 4. The Kier molecular flexibility index (Phi) is 6.45. The van der Waals surface area contributed by atoms with Gasteiger partial charge >= 0.3 is 17.9 Å². The number of rotatable bonds is 5. The highest BCUT2D eigenvalue weighted by atomic mass is 16.6. The van der Waals surface area contributed by atoms with Crippen molar-refractivity contribution in [2.45, 2.75) is 45.3 Å². The number of amides is 1. The van der Waals surface area contributed by atoms with Gasteiger partial charge in [0.1, 0.15) is 0 Å². The maximum absolute atomic E-state index is 13.0. The molecule has 1 saturated heterocycles. The molecule has 196 valence electrons. The molecule has 2 aliphatic heterocycles. The molecule has 0 radical (unpaired) electrons. The molecule has 3 heterocycles. The van der Waals surface area contributed by atoms with E-state index in [1.807, 2.05) is 0 Å². The molecule has 1 aromatic heterocycles. The molecule has 1 fully saturated rings. The summed E-state index contributed by atoms with van der Waals surface area (Å²) in [5.74, 6) is -2.91. The van der Waals surface area contributed by atoms with Crippen molar-refractivity contribution >= 4 is 40.3 Å². The van der Waals surface area contributed by atoms with Crippen LogP contribution in [0.25, 0.3) is 16.5 Å². The van der Waals surface area contributed by atoms with Crippen molar-refractivity contribution in [1.29, 1.82) is 0 Å². The monoisotopic (exact) mass is 520 g/mol. The van der Waals surface area contributed by atoms with E-state index < -0.39 is 48.4 Å². The molecule has 0 bridgehead atoms. The van der Waals surface area contributed by atoms with Gasteiger partial charge in [-0.25, -0.2) is 4.99 Å². The van der Waals surface area contributed by atoms with Crippen molar-refractivity contribution in [1.82, 2.24) is 4.57 Å². The molecular formula is C27H24N2O9. The van der Waals surface area contributed by atoms with E-state index >= 15 is 0 Å². The summed E-state index contributed by atoms with van der Waals surface area (Å²) in [5, 5.41) is 13.2. The smallest absolute Gasteiger partial charge is 0.303 e. The van der Waals surface area contributed by atoms with Crippen molar-refractivity contribution < 1.29 is 43.2 Å². The van der Waals surface area contributed by atoms with Crippen molar-refractivity contribution in [2.75, 3.05) is 6.61 Å². The lowest BCUT2D eigenvalue weighted by Crippen LogP contribution is -2.55. The molecule has 1 amide bonds. The number of para-hydroxylation sites is 2. The van der Waals surface area contributed by atoms with Crippen LogP contribution in [-0.4, -0.2) is 58.4 Å². The zero-order valence-electron chi connectivity index (χ0n) is 20.7. The first-order chi connectivity index (χ1) is 18.2. The van der Waals surface area contributed by atoms with Gasteiger partial charge in [-0.3, -0.25) is 23.7 Å². The van der Waals surface area contributed by atoms with Gasteiger partial charge in [0.25, 0.3) is 5.91 Å². The van der Waals surface area contributed by atoms with E-state index in [0.717, 1.165) is 0 Å². The minimum atomic E-state index is -1.31. The fourth-order valence-electron chi connectivity index (χ4n) is 5.00. The minimum Gasteiger partial charge on any atom is -0.494 e. The zero-order chi connectivity index (χ0) is 27.1. The Morgan fingerprint density at radius 2 is 1.55 bits per heavy atom. The Balaban J connectivity index is 1.72. The van der Waals surface area contributed by atoms with Crippen molar-refractivity contribution in [3.8, 4) is 5.88 Å². The molecule has 11 nitrogen and oxygen atoms in total. The average molecular weight is 520 g/mol. The summed E-state index contributed by atoms with van der Waals surface area (Å²) >= 11 is 0. The van der Waals surface area contributed by atoms with Gasteiger partial charge in [-0.2, -0.15) is 0 Å². The van der Waals surface area contributed by atoms with Gasteiger partial charge in [0.15, 0.2) is 24.5 Å². The number of aromatic nitrogens is 1. The number of nitrogens with zero attached hydrogens (tertiary/aromatic N) is 2. The molecule has 11 heteroatoms. The lowest BCUT2D eigenvalue weighted by molar-refractivity contribution is -0.239. The zero-order valence-corrected chi connectivity index (χ0v) is 20.7. The highest BCUT2D eigenvalue weighted by Gasteiger charge is 2.49. The Labute approximate surface area is 215 Å². The Hall–Kier alpha value is -4.51. The van der Waals surface area contributed by atoms with Gasteiger partial charge < -0.3 is 24.1 Å². The second kappa shape index (κ2) is 9.75. The predicted molar refractivity (Wildman–Crippen MR) is 130 cm³/mol. The second-order valence-electron chi connectivity index (χ2n) is 8.91. The first kappa shape index (κ1) is 25.2. The summed E-state index contributed by atoms with van der Waals surface area (Å²) in [6, 6.07) is 13.9. The predicted octanol–water partition coefficient (Wildman–Crippen LogP) is 1.03. The van der Waals surface area contributed by atoms with E-state index in [0.29, 0.717) is 21.5 Å². The normalized spacial score (nSPS) is 22.5. The van der Waals surface area contributed by atoms with Gasteiger partial charge in [0.2, 0.25) is 5.88 Å². The third-order valence-corrected chi connectivity index (χ3v) is 6.32. The molecule has 38 heavy (non-hydrogen) atoms. The van der Waals surface area contributed by atoms with Crippen LogP contribution in [0, 0.1) is 0 Å². The second-order valence-corrected chi connectivity index (χ2v) is 8.91. The SMILES string of the molecule is CC(=O)O[C@@H]1[C@H](OC(C)=O)[C@H](OC(C)=O)CO[C@H]1n1c(O)c(C2=c3ccccc3=NC2=O)c2ccccc21. The van der Waals surface area contributed by atoms with E-state index in [1.165, 1.54) is 25.3 Å². The van der Waals surface area contributed by atoms with Crippen LogP contribution in [0.15, 0.2) is 53.5 Å². The van der Waals surface area contributed by atoms with E-state index in [9.17, 15) is 24.3 Å². The number of fused-ring (bicyclic) bond motifs is 2. The quantitative estimate of drug-likeness (QED) is 0.385. The topological polar surface area (TPSA) is 143 Å². The lowest BCUT2D eigenvalue weighted by Gasteiger charge is -2.41. The van der Waals surface area contributed by atoms with E-state index in [1.54, 1.807) is 48.5 Å². The molecule has 2 aromatic carbocycles. The van der Waals surface area contributed by atoms with Gasteiger partial charge in [-0.1, -0.05) is 36.4 Å². The summed E-state index contributed by atoms with van der Waals surface area (Å²) in [4.78, 5) is 53.0. The average Bonchev–Trinajstić information content (AvgIpc) is 3.32. The molecular weight excluding hydrogens is 496 g/mol. The molecule has 4 atom stereocenters. The summed E-state index contributed by atoms with van der Waals surface area (Å²) in [6.07, 6.45) is -4.83. The number of carbonyl (C=O) groups is 4. The van der Waals surface area contributed by atoms with Crippen LogP contribution in [-0.2, 0) is 38.1 Å². The molecule has 0 unspecified atom stereocenters. The largest absolute Gasteiger partial charge is 0.494 e. The van der Waals surface area contributed by atoms with E-state index in [-0.39, 0.29) is 23.6 Å². The number of benzene rings is 2. The summed E-state index contributed by atoms with van der Waals surface area (Å²) in [7, 11) is 0. The minimum absolute atomic E-state index is 0.210. The van der Waals surface area contributed by atoms with Gasteiger partial charge in [-0.05, 0) is 12.1 Å². The standard InChI is InChI=1S/C27H24N2O9/c1-13(30)36-20-12-35-27(24(38-15(3)32)23(20)37-14(2)31)29-19-11-7-5-9-17(19)22(26(29)34)21-16-8-4-6-10-18(16)28-25(21)33/h4-11,20,23-24,27,34H,12H2,1-3H3/t20-,23-,24-,27-/m1/s1.